The molecule has 0 rings (SSSR count). The van der Waals surface area contributed by atoms with Gasteiger partial charge in [-0.15, -0.1) is 0 Å². The maximum absolute atomic E-state index is 5.80. The Bertz CT molecular complexity index is 140. The van der Waals surface area contributed by atoms with E-state index >= 15 is 0 Å². The lowest BCUT2D eigenvalue weighted by molar-refractivity contribution is -0.0316. The van der Waals surface area contributed by atoms with Gasteiger partial charge < -0.3 is 10.1 Å². The van der Waals surface area contributed by atoms with Crippen molar-refractivity contribution >= 4 is 0 Å². The predicted octanol–water partition coefficient (Wildman–Crippen LogP) is 2.83. The largest absolute Gasteiger partial charge is 0.376 e. The zero-order chi connectivity index (χ0) is 11.2. The maximum atomic E-state index is 5.80. The van der Waals surface area contributed by atoms with Crippen LogP contribution in [0.4, 0.5) is 0 Å². The van der Waals surface area contributed by atoms with Gasteiger partial charge in [0.15, 0.2) is 0 Å². The van der Waals surface area contributed by atoms with Crippen LogP contribution in [0.15, 0.2) is 0 Å². The van der Waals surface area contributed by atoms with Crippen LogP contribution in [-0.2, 0) is 4.74 Å². The van der Waals surface area contributed by atoms with Crippen molar-refractivity contribution in [3.05, 3.63) is 0 Å². The van der Waals surface area contributed by atoms with Crippen molar-refractivity contribution in [1.82, 2.24) is 5.32 Å². The van der Waals surface area contributed by atoms with Crippen LogP contribution in [0.2, 0.25) is 0 Å². The zero-order valence-corrected chi connectivity index (χ0v) is 10.7. The molecular formula is C12H27NO. The molecule has 1 N–H and O–H groups in total. The summed E-state index contributed by atoms with van der Waals surface area (Å²) in [4.78, 5) is 0. The Labute approximate surface area is 89.4 Å². The van der Waals surface area contributed by atoms with Crippen molar-refractivity contribution in [3.8, 4) is 0 Å². The molecule has 0 aliphatic rings. The van der Waals surface area contributed by atoms with Crippen molar-refractivity contribution in [2.24, 2.45) is 5.41 Å². The summed E-state index contributed by atoms with van der Waals surface area (Å²) in [7, 11) is 0. The summed E-state index contributed by atoms with van der Waals surface area (Å²) in [5.74, 6) is 0. The van der Waals surface area contributed by atoms with Gasteiger partial charge in [0.1, 0.15) is 0 Å². The average Bonchev–Trinajstić information content (AvgIpc) is 2.08. The van der Waals surface area contributed by atoms with E-state index in [4.69, 9.17) is 4.74 Å². The minimum absolute atomic E-state index is 0.205. The highest BCUT2D eigenvalue weighted by Crippen LogP contribution is 2.24. The van der Waals surface area contributed by atoms with E-state index in [1.165, 1.54) is 6.42 Å². The number of rotatable bonds is 6. The van der Waals surface area contributed by atoms with Crippen molar-refractivity contribution in [2.45, 2.75) is 60.1 Å². The smallest absolute Gasteiger partial charge is 0.0773 e. The van der Waals surface area contributed by atoms with E-state index in [-0.39, 0.29) is 5.41 Å². The quantitative estimate of drug-likeness (QED) is 0.713. The first-order chi connectivity index (χ1) is 6.43. The minimum atomic E-state index is 0.205. The molecule has 2 nitrogen and oxygen atoms in total. The van der Waals surface area contributed by atoms with Crippen molar-refractivity contribution < 1.29 is 4.74 Å². The fourth-order valence-electron chi connectivity index (χ4n) is 1.80. The summed E-state index contributed by atoms with van der Waals surface area (Å²) < 4.78 is 5.80. The van der Waals surface area contributed by atoms with Crippen molar-refractivity contribution in [3.63, 3.8) is 0 Å². The Kier molecular flexibility index (Phi) is 6.38. The van der Waals surface area contributed by atoms with Gasteiger partial charge in [-0.2, -0.15) is 0 Å². The molecule has 2 unspecified atom stereocenters. The summed E-state index contributed by atoms with van der Waals surface area (Å²) in [5.41, 5.74) is 0.205. The van der Waals surface area contributed by atoms with Crippen LogP contribution in [0.3, 0.4) is 0 Å². The first-order valence-corrected chi connectivity index (χ1v) is 5.78. The third-order valence-corrected chi connectivity index (χ3v) is 2.37. The van der Waals surface area contributed by atoms with Gasteiger partial charge in [-0.1, -0.05) is 27.7 Å². The standard InChI is InChI=1S/C12H27NO/c1-7-9-13-10(3)11(14-8-2)12(4,5)6/h10-11,13H,7-9H2,1-6H3. The van der Waals surface area contributed by atoms with Gasteiger partial charge in [-0.3, -0.25) is 0 Å². The summed E-state index contributed by atoms with van der Waals surface area (Å²) in [5, 5.41) is 3.50. The van der Waals surface area contributed by atoms with Crippen LogP contribution in [0.5, 0.6) is 0 Å². The lowest BCUT2D eigenvalue weighted by Crippen LogP contribution is -2.46. The Morgan fingerprint density at radius 1 is 1.21 bits per heavy atom. The van der Waals surface area contributed by atoms with Gasteiger partial charge in [-0.25, -0.2) is 0 Å². The average molecular weight is 201 g/mol. The molecule has 0 saturated heterocycles. The molecule has 0 saturated carbocycles. The summed E-state index contributed by atoms with van der Waals surface area (Å²) in [6, 6.07) is 0.426. The highest BCUT2D eigenvalue weighted by molar-refractivity contribution is 4.83. The Morgan fingerprint density at radius 2 is 1.79 bits per heavy atom. The summed E-state index contributed by atoms with van der Waals surface area (Å²) >= 11 is 0. The van der Waals surface area contributed by atoms with Gasteiger partial charge in [-0.05, 0) is 32.2 Å². The Balaban J connectivity index is 4.18. The van der Waals surface area contributed by atoms with Crippen molar-refractivity contribution in [2.75, 3.05) is 13.2 Å². The number of ether oxygens (including phenoxy) is 1. The monoisotopic (exact) mass is 201 g/mol. The fourth-order valence-corrected chi connectivity index (χ4v) is 1.80. The third kappa shape index (κ3) is 4.97. The van der Waals surface area contributed by atoms with Gasteiger partial charge in [0.2, 0.25) is 0 Å². The molecule has 0 aliphatic carbocycles. The molecular weight excluding hydrogens is 174 g/mol. The van der Waals surface area contributed by atoms with Gasteiger partial charge in [0.05, 0.1) is 6.10 Å². The molecule has 0 aromatic heterocycles. The molecule has 2 atom stereocenters. The summed E-state index contributed by atoms with van der Waals surface area (Å²) in [6.45, 7) is 15.0. The third-order valence-electron chi connectivity index (χ3n) is 2.37. The first-order valence-electron chi connectivity index (χ1n) is 5.78. The minimum Gasteiger partial charge on any atom is -0.376 e. The van der Waals surface area contributed by atoms with E-state index in [9.17, 15) is 0 Å². The Hall–Kier alpha value is -0.0800. The van der Waals surface area contributed by atoms with Crippen LogP contribution in [0, 0.1) is 5.41 Å². The van der Waals surface area contributed by atoms with Gasteiger partial charge in [0, 0.05) is 12.6 Å². The normalized spacial score (nSPS) is 16.7. The second kappa shape index (κ2) is 6.41. The molecule has 0 bridgehead atoms. The molecule has 0 fully saturated rings. The first kappa shape index (κ1) is 13.9. The van der Waals surface area contributed by atoms with Crippen LogP contribution < -0.4 is 5.32 Å². The van der Waals surface area contributed by atoms with Gasteiger partial charge >= 0.3 is 0 Å². The highest BCUT2D eigenvalue weighted by atomic mass is 16.5. The number of nitrogens with one attached hydrogen (secondary N) is 1. The molecule has 0 aromatic rings. The number of hydrogen-bond acceptors (Lipinski definition) is 2. The van der Waals surface area contributed by atoms with Crippen LogP contribution in [-0.4, -0.2) is 25.3 Å². The van der Waals surface area contributed by atoms with E-state index in [2.05, 4.69) is 46.9 Å². The second-order valence-corrected chi connectivity index (χ2v) is 4.98. The molecule has 0 aliphatic heterocycles. The second-order valence-electron chi connectivity index (χ2n) is 4.98. The zero-order valence-electron chi connectivity index (χ0n) is 10.7. The van der Waals surface area contributed by atoms with Gasteiger partial charge in [0.25, 0.3) is 0 Å². The fraction of sp³-hybridized carbons (Fsp3) is 1.00. The van der Waals surface area contributed by atoms with Crippen LogP contribution >= 0.6 is 0 Å². The number of hydrogen-bond donors (Lipinski definition) is 1. The molecule has 0 amide bonds. The van der Waals surface area contributed by atoms with Crippen LogP contribution in [0.1, 0.15) is 48.0 Å². The highest BCUT2D eigenvalue weighted by Gasteiger charge is 2.29. The molecule has 2 heteroatoms. The predicted molar refractivity (Wildman–Crippen MR) is 62.6 cm³/mol. The molecule has 0 heterocycles. The van der Waals surface area contributed by atoms with E-state index in [0.717, 1.165) is 13.2 Å². The molecule has 0 spiro atoms. The van der Waals surface area contributed by atoms with E-state index in [0.29, 0.717) is 12.1 Å². The summed E-state index contributed by atoms with van der Waals surface area (Å²) in [6.07, 6.45) is 1.46. The lowest BCUT2D eigenvalue weighted by Gasteiger charge is -2.35. The SMILES string of the molecule is CCCNC(C)C(OCC)C(C)(C)C. The van der Waals surface area contributed by atoms with Crippen molar-refractivity contribution in [1.29, 1.82) is 0 Å². The van der Waals surface area contributed by atoms with E-state index in [1.54, 1.807) is 0 Å². The van der Waals surface area contributed by atoms with E-state index < -0.39 is 0 Å². The topological polar surface area (TPSA) is 21.3 Å². The molecule has 0 radical (unpaired) electrons. The van der Waals surface area contributed by atoms with E-state index in [1.807, 2.05) is 0 Å². The molecule has 0 aromatic carbocycles. The Morgan fingerprint density at radius 3 is 2.14 bits per heavy atom. The molecule has 14 heavy (non-hydrogen) atoms. The van der Waals surface area contributed by atoms with Crippen LogP contribution in [0.25, 0.3) is 0 Å². The molecule has 86 valence electrons. The maximum Gasteiger partial charge on any atom is 0.0773 e. The lowest BCUT2D eigenvalue weighted by atomic mass is 9.85.